The minimum absolute atomic E-state index is 0.0284. The van der Waals surface area contributed by atoms with E-state index in [4.69, 9.17) is 14.2 Å². The third kappa shape index (κ3) is 12.5. The van der Waals surface area contributed by atoms with Crippen molar-refractivity contribution in [3.63, 3.8) is 0 Å². The number of hydrogen-bond donors (Lipinski definition) is 2. The molecule has 1 aliphatic heterocycles. The van der Waals surface area contributed by atoms with Gasteiger partial charge < -0.3 is 24.8 Å². The second-order valence-corrected chi connectivity index (χ2v) is 12.6. The van der Waals surface area contributed by atoms with Crippen molar-refractivity contribution in [1.82, 2.24) is 10.6 Å². The van der Waals surface area contributed by atoms with E-state index in [0.717, 1.165) is 13.0 Å². The lowest BCUT2D eigenvalue weighted by Gasteiger charge is -2.26. The second-order valence-electron chi connectivity index (χ2n) is 12.6. The Bertz CT molecular complexity index is 1180. The van der Waals surface area contributed by atoms with Crippen LogP contribution in [0.15, 0.2) is 48.5 Å². The van der Waals surface area contributed by atoms with Crippen molar-refractivity contribution in [2.45, 2.75) is 104 Å². The first-order chi connectivity index (χ1) is 20.6. The van der Waals surface area contributed by atoms with Gasteiger partial charge >= 0.3 is 18.0 Å². The number of Topliss-reactive ketones (excluding diaryl/α,β-unsaturated/α-hetero) is 1. The SMILES string of the molecule is CCC(=O)OC(C)(C)C.CCC(=O)OC(C)(C)C.O=C(NCCC(=O)C1CCN1)OCC1c2ccccc2-c2ccccc21. The molecular weight excluding hydrogens is 560 g/mol. The van der Waals surface area contributed by atoms with Gasteiger partial charge in [-0.25, -0.2) is 4.79 Å². The third-order valence-corrected chi connectivity index (χ3v) is 6.61. The van der Waals surface area contributed by atoms with Gasteiger partial charge in [0, 0.05) is 31.7 Å². The van der Waals surface area contributed by atoms with Gasteiger partial charge in [0.25, 0.3) is 0 Å². The van der Waals surface area contributed by atoms with Crippen molar-refractivity contribution in [2.24, 2.45) is 0 Å². The van der Waals surface area contributed by atoms with E-state index in [9.17, 15) is 19.2 Å². The summed E-state index contributed by atoms with van der Waals surface area (Å²) >= 11 is 0. The molecule has 0 radical (unpaired) electrons. The van der Waals surface area contributed by atoms with Crippen molar-refractivity contribution in [1.29, 1.82) is 0 Å². The molecule has 2 aliphatic rings. The molecule has 0 aromatic heterocycles. The number of hydrogen-bond acceptors (Lipinski definition) is 8. The number of alkyl carbamates (subject to hydrolysis) is 1. The largest absolute Gasteiger partial charge is 0.460 e. The molecular formula is C35H50N2O7. The van der Waals surface area contributed by atoms with Crippen LogP contribution in [-0.2, 0) is 28.6 Å². The number of carbonyl (C=O) groups is 4. The number of fused-ring (bicyclic) bond motifs is 3. The summed E-state index contributed by atoms with van der Waals surface area (Å²) in [7, 11) is 0. The maximum Gasteiger partial charge on any atom is 0.407 e. The summed E-state index contributed by atoms with van der Waals surface area (Å²) in [5.41, 5.74) is 4.13. The van der Waals surface area contributed by atoms with Gasteiger partial charge in [0.05, 0.1) is 6.04 Å². The number of rotatable bonds is 8. The fraction of sp³-hybridized carbons (Fsp3) is 0.543. The molecule has 9 heteroatoms. The average Bonchev–Trinajstić information content (AvgIpc) is 3.23. The summed E-state index contributed by atoms with van der Waals surface area (Å²) in [6.45, 7) is 16.2. The highest BCUT2D eigenvalue weighted by Gasteiger charge is 2.29. The van der Waals surface area contributed by atoms with Crippen molar-refractivity contribution >= 4 is 23.8 Å². The van der Waals surface area contributed by atoms with Crippen LogP contribution in [-0.4, -0.2) is 60.8 Å². The monoisotopic (exact) mass is 610 g/mol. The molecule has 242 valence electrons. The van der Waals surface area contributed by atoms with Gasteiger partial charge in [0.2, 0.25) is 0 Å². The van der Waals surface area contributed by atoms with Crippen LogP contribution in [0, 0.1) is 0 Å². The zero-order valence-corrected chi connectivity index (χ0v) is 27.6. The molecule has 1 atom stereocenters. The van der Waals surface area contributed by atoms with Crippen LogP contribution in [0.4, 0.5) is 4.79 Å². The van der Waals surface area contributed by atoms with Crippen molar-refractivity contribution in [3.8, 4) is 11.1 Å². The Balaban J connectivity index is 0.000000310. The zero-order chi connectivity index (χ0) is 32.9. The number of ether oxygens (including phenoxy) is 3. The van der Waals surface area contributed by atoms with Crippen molar-refractivity contribution in [3.05, 3.63) is 59.7 Å². The minimum atomic E-state index is -0.471. The lowest BCUT2D eigenvalue weighted by molar-refractivity contribution is -0.155. The molecule has 1 saturated heterocycles. The molecule has 1 aliphatic carbocycles. The van der Waals surface area contributed by atoms with Gasteiger partial charge in [-0.2, -0.15) is 0 Å². The predicted octanol–water partition coefficient (Wildman–Crippen LogP) is 6.32. The molecule has 4 rings (SSSR count). The molecule has 0 saturated carbocycles. The Morgan fingerprint density at radius 1 is 0.795 bits per heavy atom. The maximum absolute atomic E-state index is 12.0. The van der Waals surface area contributed by atoms with Crippen LogP contribution in [0.1, 0.15) is 98.1 Å². The van der Waals surface area contributed by atoms with Crippen LogP contribution in [0.25, 0.3) is 11.1 Å². The highest BCUT2D eigenvalue weighted by Crippen LogP contribution is 2.44. The van der Waals surface area contributed by atoms with Crippen LogP contribution < -0.4 is 10.6 Å². The van der Waals surface area contributed by atoms with E-state index >= 15 is 0 Å². The van der Waals surface area contributed by atoms with E-state index in [-0.39, 0.29) is 47.5 Å². The van der Waals surface area contributed by atoms with E-state index in [2.05, 4.69) is 34.9 Å². The normalized spacial score (nSPS) is 15.0. The number of carbonyl (C=O) groups excluding carboxylic acids is 4. The van der Waals surface area contributed by atoms with Gasteiger partial charge in [-0.3, -0.25) is 14.4 Å². The summed E-state index contributed by atoms with van der Waals surface area (Å²) in [5, 5.41) is 5.75. The van der Waals surface area contributed by atoms with Gasteiger partial charge in [0.1, 0.15) is 17.8 Å². The summed E-state index contributed by atoms with van der Waals surface area (Å²) < 4.78 is 15.3. The van der Waals surface area contributed by atoms with E-state index in [0.29, 0.717) is 25.8 Å². The quantitative estimate of drug-likeness (QED) is 0.263. The van der Waals surface area contributed by atoms with Gasteiger partial charge in [-0.15, -0.1) is 0 Å². The first-order valence-corrected chi connectivity index (χ1v) is 15.4. The fourth-order valence-electron chi connectivity index (χ4n) is 4.50. The van der Waals surface area contributed by atoms with E-state index in [1.807, 2.05) is 65.8 Å². The molecule has 1 amide bonds. The smallest absolute Gasteiger partial charge is 0.407 e. The molecule has 9 nitrogen and oxygen atoms in total. The number of esters is 2. The Kier molecular flexibility index (Phi) is 14.0. The number of nitrogens with one attached hydrogen (secondary N) is 2. The topological polar surface area (TPSA) is 120 Å². The molecule has 0 spiro atoms. The summed E-state index contributed by atoms with van der Waals surface area (Å²) in [6.07, 6.45) is 1.67. The molecule has 1 unspecified atom stereocenters. The van der Waals surface area contributed by atoms with Crippen LogP contribution in [0.2, 0.25) is 0 Å². The average molecular weight is 611 g/mol. The van der Waals surface area contributed by atoms with E-state index < -0.39 is 6.09 Å². The third-order valence-electron chi connectivity index (χ3n) is 6.61. The van der Waals surface area contributed by atoms with Crippen LogP contribution in [0.5, 0.6) is 0 Å². The molecule has 2 N–H and O–H groups in total. The van der Waals surface area contributed by atoms with Crippen molar-refractivity contribution < 1.29 is 33.4 Å². The predicted molar refractivity (Wildman–Crippen MR) is 171 cm³/mol. The Labute approximate surface area is 262 Å². The van der Waals surface area contributed by atoms with Crippen LogP contribution >= 0.6 is 0 Å². The number of amides is 1. The Morgan fingerprint density at radius 2 is 1.25 bits per heavy atom. The van der Waals surface area contributed by atoms with E-state index in [1.165, 1.54) is 22.3 Å². The molecule has 2 aromatic rings. The zero-order valence-electron chi connectivity index (χ0n) is 27.6. The second kappa shape index (κ2) is 16.9. The maximum atomic E-state index is 12.0. The molecule has 1 fully saturated rings. The Hall–Kier alpha value is -3.72. The number of ketones is 1. The molecule has 1 heterocycles. The Morgan fingerprint density at radius 3 is 1.61 bits per heavy atom. The van der Waals surface area contributed by atoms with Gasteiger partial charge in [-0.05, 0) is 76.8 Å². The van der Waals surface area contributed by atoms with Gasteiger partial charge in [-0.1, -0.05) is 62.4 Å². The molecule has 44 heavy (non-hydrogen) atoms. The lowest BCUT2D eigenvalue weighted by atomic mass is 9.98. The highest BCUT2D eigenvalue weighted by molar-refractivity contribution is 5.85. The molecule has 0 bridgehead atoms. The fourth-order valence-corrected chi connectivity index (χ4v) is 4.50. The lowest BCUT2D eigenvalue weighted by Crippen LogP contribution is -2.49. The highest BCUT2D eigenvalue weighted by atomic mass is 16.6. The van der Waals surface area contributed by atoms with Gasteiger partial charge in [0.15, 0.2) is 5.78 Å². The summed E-state index contributed by atoms with van der Waals surface area (Å²) in [6, 6.07) is 16.4. The van der Waals surface area contributed by atoms with E-state index in [1.54, 1.807) is 13.8 Å². The van der Waals surface area contributed by atoms with Crippen LogP contribution in [0.3, 0.4) is 0 Å². The first-order valence-electron chi connectivity index (χ1n) is 15.4. The van der Waals surface area contributed by atoms with Crippen molar-refractivity contribution in [2.75, 3.05) is 19.7 Å². The minimum Gasteiger partial charge on any atom is -0.460 e. The molecule has 2 aromatic carbocycles. The number of benzene rings is 2. The first kappa shape index (κ1) is 36.5. The summed E-state index contributed by atoms with van der Waals surface area (Å²) in [4.78, 5) is 45.0. The standard InChI is InChI=1S/C21H22N2O3.2C7H14O2/c24-20(19-9-11-22-19)10-12-23-21(25)26-13-18-16-7-3-1-5-14(16)15-6-2-4-8-17(15)18;2*1-5-6(8)9-7(2,3)4/h1-8,18-19,22H,9-13H2,(H,23,25);2*5H2,1-4H3. The summed E-state index contributed by atoms with van der Waals surface area (Å²) in [5.74, 6) is -0.0749.